The first kappa shape index (κ1) is 61.8. The Balaban J connectivity index is 3.44. The maximum Gasteiger partial charge on any atom is 0.305 e. The molecule has 6 nitrogen and oxygen atoms in total. The summed E-state index contributed by atoms with van der Waals surface area (Å²) in [4.78, 5) is 24.4. The predicted molar refractivity (Wildman–Crippen MR) is 278 cm³/mol. The SMILES string of the molecule is CCC/C=C\C/C=C\CCCCCCCC(=O)OCCCCCCCCCCCCC/C=C\CCCCCCCCCC(=O)NC(CO)C(O)/C=C/CCCCCCCCCCCC. The van der Waals surface area contributed by atoms with Crippen molar-refractivity contribution in [1.82, 2.24) is 5.32 Å². The van der Waals surface area contributed by atoms with Crippen LogP contribution in [0.4, 0.5) is 0 Å². The average molecular weight is 898 g/mol. The fourth-order valence-electron chi connectivity index (χ4n) is 8.25. The third kappa shape index (κ3) is 49.3. The number of hydrogen-bond donors (Lipinski definition) is 3. The smallest absolute Gasteiger partial charge is 0.305 e. The summed E-state index contributed by atoms with van der Waals surface area (Å²) in [5.41, 5.74) is 0. The number of aliphatic hydroxyl groups excluding tert-OH is 2. The van der Waals surface area contributed by atoms with Crippen LogP contribution in [0.2, 0.25) is 0 Å². The Morgan fingerprint density at radius 3 is 1.27 bits per heavy atom. The zero-order chi connectivity index (χ0) is 46.5. The molecule has 0 saturated heterocycles. The van der Waals surface area contributed by atoms with E-state index in [4.69, 9.17) is 4.74 Å². The number of rotatable bonds is 51. The molecule has 2 atom stereocenters. The number of carbonyl (C=O) groups is 2. The van der Waals surface area contributed by atoms with E-state index in [1.165, 1.54) is 199 Å². The molecule has 3 N–H and O–H groups in total. The van der Waals surface area contributed by atoms with Gasteiger partial charge in [0.05, 0.1) is 25.4 Å². The molecule has 0 radical (unpaired) electrons. The van der Waals surface area contributed by atoms with Gasteiger partial charge in [0, 0.05) is 12.8 Å². The lowest BCUT2D eigenvalue weighted by atomic mass is 10.0. The standard InChI is InChI=1S/C58H107NO5/c1-3-5-7-9-11-13-15-27-32-36-40-44-48-52-58(63)64-53-49-45-41-37-33-29-26-24-22-20-18-17-19-21-23-25-28-31-35-39-43-47-51-57(62)59-55(54-60)56(61)50-46-42-38-34-30-16-14-12-10-8-6-4-2/h7,9,13,15,19,21,46,50,55-56,60-61H,3-6,8,10-12,14,16-18,20,22-45,47-49,51-54H2,1-2H3,(H,59,62)/b9-7-,15-13-,21-19-,50-46+. The molecule has 0 aromatic carbocycles. The summed E-state index contributed by atoms with van der Waals surface area (Å²) in [6.07, 6.45) is 67.0. The second-order valence-corrected chi connectivity index (χ2v) is 18.9. The van der Waals surface area contributed by atoms with Crippen LogP contribution in [0, 0.1) is 0 Å². The molecule has 0 bridgehead atoms. The first-order chi connectivity index (χ1) is 31.5. The van der Waals surface area contributed by atoms with Gasteiger partial charge in [-0.15, -0.1) is 0 Å². The number of amides is 1. The molecule has 2 unspecified atom stereocenters. The number of unbranched alkanes of at least 4 members (excludes halogenated alkanes) is 34. The molecule has 0 aliphatic carbocycles. The first-order valence-corrected chi connectivity index (χ1v) is 27.9. The van der Waals surface area contributed by atoms with Crippen LogP contribution >= 0.6 is 0 Å². The van der Waals surface area contributed by atoms with Crippen molar-refractivity contribution in [2.45, 2.75) is 296 Å². The summed E-state index contributed by atoms with van der Waals surface area (Å²) in [6.45, 7) is 4.81. The highest BCUT2D eigenvalue weighted by Gasteiger charge is 2.18. The topological polar surface area (TPSA) is 95.9 Å². The molecular formula is C58H107NO5. The van der Waals surface area contributed by atoms with E-state index in [1.54, 1.807) is 6.08 Å². The van der Waals surface area contributed by atoms with Crippen LogP contribution in [0.25, 0.3) is 0 Å². The molecule has 374 valence electrons. The monoisotopic (exact) mass is 898 g/mol. The van der Waals surface area contributed by atoms with Gasteiger partial charge in [-0.3, -0.25) is 9.59 Å². The fourth-order valence-corrected chi connectivity index (χ4v) is 8.25. The summed E-state index contributed by atoms with van der Waals surface area (Å²) in [5, 5.41) is 23.0. The van der Waals surface area contributed by atoms with Gasteiger partial charge < -0.3 is 20.3 Å². The second kappa shape index (κ2) is 53.4. The van der Waals surface area contributed by atoms with E-state index in [2.05, 4.69) is 55.6 Å². The van der Waals surface area contributed by atoms with Crippen molar-refractivity contribution < 1.29 is 24.5 Å². The molecule has 64 heavy (non-hydrogen) atoms. The molecule has 0 aliphatic rings. The molecule has 0 aromatic heterocycles. The van der Waals surface area contributed by atoms with Crippen LogP contribution in [-0.2, 0) is 14.3 Å². The lowest BCUT2D eigenvalue weighted by Gasteiger charge is -2.20. The molecule has 0 fully saturated rings. The molecule has 0 saturated carbocycles. The van der Waals surface area contributed by atoms with Gasteiger partial charge in [0.25, 0.3) is 0 Å². The van der Waals surface area contributed by atoms with E-state index in [0.717, 1.165) is 57.8 Å². The summed E-state index contributed by atoms with van der Waals surface area (Å²) in [5.74, 6) is -0.0835. The lowest BCUT2D eigenvalue weighted by molar-refractivity contribution is -0.143. The van der Waals surface area contributed by atoms with Crippen molar-refractivity contribution in [1.29, 1.82) is 0 Å². The highest BCUT2D eigenvalue weighted by atomic mass is 16.5. The van der Waals surface area contributed by atoms with Gasteiger partial charge in [0.2, 0.25) is 5.91 Å². The molecule has 6 heteroatoms. The van der Waals surface area contributed by atoms with E-state index < -0.39 is 12.1 Å². The zero-order valence-electron chi connectivity index (χ0n) is 42.5. The Morgan fingerprint density at radius 1 is 0.438 bits per heavy atom. The fraction of sp³-hybridized carbons (Fsp3) is 0.828. The summed E-state index contributed by atoms with van der Waals surface area (Å²) >= 11 is 0. The van der Waals surface area contributed by atoms with E-state index in [-0.39, 0.29) is 18.5 Å². The van der Waals surface area contributed by atoms with E-state index in [0.29, 0.717) is 19.4 Å². The van der Waals surface area contributed by atoms with Crippen LogP contribution in [-0.4, -0.2) is 47.4 Å². The summed E-state index contributed by atoms with van der Waals surface area (Å²) < 4.78 is 5.46. The van der Waals surface area contributed by atoms with Crippen LogP contribution in [0.3, 0.4) is 0 Å². The van der Waals surface area contributed by atoms with E-state index >= 15 is 0 Å². The first-order valence-electron chi connectivity index (χ1n) is 27.9. The number of ether oxygens (including phenoxy) is 1. The average Bonchev–Trinajstić information content (AvgIpc) is 3.29. The maximum atomic E-state index is 12.4. The molecule has 0 aromatic rings. The number of carbonyl (C=O) groups excluding carboxylic acids is 2. The van der Waals surface area contributed by atoms with Gasteiger partial charge in [0.1, 0.15) is 0 Å². The largest absolute Gasteiger partial charge is 0.466 e. The van der Waals surface area contributed by atoms with Crippen LogP contribution < -0.4 is 5.32 Å². The van der Waals surface area contributed by atoms with E-state index in [1.807, 2.05) is 6.08 Å². The van der Waals surface area contributed by atoms with Gasteiger partial charge in [-0.1, -0.05) is 236 Å². The highest BCUT2D eigenvalue weighted by Crippen LogP contribution is 2.15. The van der Waals surface area contributed by atoms with E-state index in [9.17, 15) is 19.8 Å². The molecular weight excluding hydrogens is 791 g/mol. The number of esters is 1. The van der Waals surface area contributed by atoms with Crippen molar-refractivity contribution in [2.24, 2.45) is 0 Å². The third-order valence-electron chi connectivity index (χ3n) is 12.5. The van der Waals surface area contributed by atoms with Gasteiger partial charge in [-0.05, 0) is 83.5 Å². The van der Waals surface area contributed by atoms with Crippen LogP contribution in [0.5, 0.6) is 0 Å². The molecule has 0 spiro atoms. The van der Waals surface area contributed by atoms with Crippen molar-refractivity contribution in [2.75, 3.05) is 13.2 Å². The number of aliphatic hydroxyl groups is 2. The third-order valence-corrected chi connectivity index (χ3v) is 12.5. The van der Waals surface area contributed by atoms with Gasteiger partial charge >= 0.3 is 5.97 Å². The van der Waals surface area contributed by atoms with Crippen molar-refractivity contribution in [3.05, 3.63) is 48.6 Å². The zero-order valence-corrected chi connectivity index (χ0v) is 42.5. The Labute approximate surface area is 397 Å². The van der Waals surface area contributed by atoms with Crippen LogP contribution in [0.15, 0.2) is 48.6 Å². The number of nitrogens with one attached hydrogen (secondary N) is 1. The van der Waals surface area contributed by atoms with Crippen molar-refractivity contribution >= 4 is 11.9 Å². The van der Waals surface area contributed by atoms with Gasteiger partial charge in [-0.2, -0.15) is 0 Å². The Kier molecular flexibility index (Phi) is 51.6. The van der Waals surface area contributed by atoms with Crippen LogP contribution in [0.1, 0.15) is 284 Å². The quantitative estimate of drug-likeness (QED) is 0.0321. The van der Waals surface area contributed by atoms with Crippen molar-refractivity contribution in [3.63, 3.8) is 0 Å². The molecule has 0 aliphatic heterocycles. The molecule has 0 rings (SSSR count). The Morgan fingerprint density at radius 2 is 0.812 bits per heavy atom. The number of allylic oxidation sites excluding steroid dienone is 7. The maximum absolute atomic E-state index is 12.4. The predicted octanol–water partition coefficient (Wildman–Crippen LogP) is 17.0. The molecule has 1 amide bonds. The van der Waals surface area contributed by atoms with Gasteiger partial charge in [0.15, 0.2) is 0 Å². The summed E-state index contributed by atoms with van der Waals surface area (Å²) in [7, 11) is 0. The minimum absolute atomic E-state index is 0.00680. The Bertz CT molecular complexity index is 1080. The summed E-state index contributed by atoms with van der Waals surface area (Å²) in [6, 6.07) is -0.632. The van der Waals surface area contributed by atoms with Gasteiger partial charge in [-0.25, -0.2) is 0 Å². The lowest BCUT2D eigenvalue weighted by Crippen LogP contribution is -2.45. The normalized spacial score (nSPS) is 13.0. The minimum atomic E-state index is -0.848. The van der Waals surface area contributed by atoms with Crippen molar-refractivity contribution in [3.8, 4) is 0 Å². The molecule has 0 heterocycles. The highest BCUT2D eigenvalue weighted by molar-refractivity contribution is 5.76. The Hall–Kier alpha value is -2.18. The number of hydrogen-bond acceptors (Lipinski definition) is 5. The second-order valence-electron chi connectivity index (χ2n) is 18.9. The minimum Gasteiger partial charge on any atom is -0.466 e.